The molecule has 1 aliphatic carbocycles. The summed E-state index contributed by atoms with van der Waals surface area (Å²) in [6, 6.07) is 14.6. The van der Waals surface area contributed by atoms with Crippen LogP contribution in [0.1, 0.15) is 65.3 Å². The molecule has 0 radical (unpaired) electrons. The predicted molar refractivity (Wildman–Crippen MR) is 129 cm³/mol. The number of hydrogen-bond donors (Lipinski definition) is 1. The van der Waals surface area contributed by atoms with Crippen molar-refractivity contribution in [1.29, 1.82) is 0 Å². The lowest BCUT2D eigenvalue weighted by Crippen LogP contribution is -2.47. The highest BCUT2D eigenvalue weighted by Crippen LogP contribution is 2.31. The van der Waals surface area contributed by atoms with E-state index in [1.807, 2.05) is 62.4 Å². The average Bonchev–Trinajstić information content (AvgIpc) is 2.85. The number of hydrogen-bond acceptors (Lipinski definition) is 4. The van der Waals surface area contributed by atoms with Crippen LogP contribution in [0.15, 0.2) is 67.1 Å². The van der Waals surface area contributed by atoms with Crippen LogP contribution in [0.3, 0.4) is 0 Å². The minimum Gasteiger partial charge on any atom is -0.351 e. The molecule has 33 heavy (non-hydrogen) atoms. The molecule has 3 aromatic rings. The lowest BCUT2D eigenvalue weighted by Gasteiger charge is -2.33. The van der Waals surface area contributed by atoms with Gasteiger partial charge in [0, 0.05) is 24.1 Å². The van der Waals surface area contributed by atoms with Crippen LogP contribution >= 0.6 is 0 Å². The zero-order chi connectivity index (χ0) is 23.2. The van der Waals surface area contributed by atoms with Gasteiger partial charge in [-0.15, -0.1) is 0 Å². The molecule has 0 spiro atoms. The monoisotopic (exact) mass is 442 g/mol. The Bertz CT molecular complexity index is 1100. The molecule has 170 valence electrons. The number of rotatable bonds is 6. The van der Waals surface area contributed by atoms with E-state index in [0.29, 0.717) is 5.69 Å². The Morgan fingerprint density at radius 1 is 0.970 bits per heavy atom. The topological polar surface area (TPSA) is 75.2 Å². The summed E-state index contributed by atoms with van der Waals surface area (Å²) in [5.41, 5.74) is 3.77. The summed E-state index contributed by atoms with van der Waals surface area (Å²) in [6.45, 7) is 4.03. The molecule has 0 saturated heterocycles. The Morgan fingerprint density at radius 2 is 1.73 bits per heavy atom. The minimum atomic E-state index is -0.829. The van der Waals surface area contributed by atoms with Gasteiger partial charge in [-0.2, -0.15) is 0 Å². The molecule has 1 N–H and O–H groups in total. The normalized spacial score (nSPS) is 15.0. The van der Waals surface area contributed by atoms with Gasteiger partial charge < -0.3 is 5.32 Å². The van der Waals surface area contributed by atoms with E-state index in [2.05, 4.69) is 15.3 Å². The molecule has 1 fully saturated rings. The van der Waals surface area contributed by atoms with E-state index < -0.39 is 6.04 Å². The molecule has 6 heteroatoms. The van der Waals surface area contributed by atoms with Crippen molar-refractivity contribution in [2.75, 3.05) is 4.90 Å². The highest BCUT2D eigenvalue weighted by Gasteiger charge is 2.35. The molecule has 6 nitrogen and oxygen atoms in total. The first-order valence-corrected chi connectivity index (χ1v) is 11.6. The molecule has 0 aliphatic heterocycles. The molecule has 1 unspecified atom stereocenters. The van der Waals surface area contributed by atoms with Crippen LogP contribution in [-0.2, 0) is 4.79 Å². The van der Waals surface area contributed by atoms with Gasteiger partial charge in [0.2, 0.25) is 5.91 Å². The van der Waals surface area contributed by atoms with Gasteiger partial charge in [-0.3, -0.25) is 19.5 Å². The molecule has 2 amide bonds. The second-order valence-electron chi connectivity index (χ2n) is 8.69. The number of carbonyl (C=O) groups excluding carboxylic acids is 2. The molecule has 0 bridgehead atoms. The van der Waals surface area contributed by atoms with Crippen molar-refractivity contribution in [3.05, 3.63) is 89.5 Å². The SMILES string of the molecule is Cc1ccc(N(C(=O)c2cnccn2)C(C(=O)NC2CCCCC2)c2ccccc2)cc1C. The second kappa shape index (κ2) is 10.4. The second-order valence-corrected chi connectivity index (χ2v) is 8.69. The van der Waals surface area contributed by atoms with Crippen molar-refractivity contribution in [1.82, 2.24) is 15.3 Å². The number of carbonyl (C=O) groups is 2. The van der Waals surface area contributed by atoms with E-state index in [1.54, 1.807) is 4.90 Å². The maximum absolute atomic E-state index is 13.8. The van der Waals surface area contributed by atoms with Crippen LogP contribution in [-0.4, -0.2) is 27.8 Å². The molecular weight excluding hydrogens is 412 g/mol. The maximum atomic E-state index is 13.8. The van der Waals surface area contributed by atoms with Crippen LogP contribution < -0.4 is 10.2 Å². The van der Waals surface area contributed by atoms with Crippen molar-refractivity contribution in [2.45, 2.75) is 58.0 Å². The third kappa shape index (κ3) is 5.28. The third-order valence-electron chi connectivity index (χ3n) is 6.34. The largest absolute Gasteiger partial charge is 0.351 e. The molecule has 2 aromatic carbocycles. The number of benzene rings is 2. The van der Waals surface area contributed by atoms with E-state index in [9.17, 15) is 9.59 Å². The Labute approximate surface area is 195 Å². The van der Waals surface area contributed by atoms with Gasteiger partial charge in [-0.05, 0) is 55.5 Å². The number of aryl methyl sites for hydroxylation is 2. The number of amides is 2. The Hall–Kier alpha value is -3.54. The third-order valence-corrected chi connectivity index (χ3v) is 6.34. The summed E-state index contributed by atoms with van der Waals surface area (Å²) >= 11 is 0. The van der Waals surface area contributed by atoms with Gasteiger partial charge in [-0.25, -0.2) is 4.98 Å². The number of nitrogens with zero attached hydrogens (tertiary/aromatic N) is 3. The van der Waals surface area contributed by atoms with Gasteiger partial charge in [0.15, 0.2) is 0 Å². The zero-order valence-corrected chi connectivity index (χ0v) is 19.2. The van der Waals surface area contributed by atoms with Gasteiger partial charge in [0.1, 0.15) is 11.7 Å². The van der Waals surface area contributed by atoms with Gasteiger partial charge in [0.05, 0.1) is 6.20 Å². The first-order valence-electron chi connectivity index (χ1n) is 11.6. The van der Waals surface area contributed by atoms with E-state index in [4.69, 9.17) is 0 Å². The number of nitrogens with one attached hydrogen (secondary N) is 1. The number of anilines is 1. The van der Waals surface area contributed by atoms with Crippen LogP contribution in [0.4, 0.5) is 5.69 Å². The zero-order valence-electron chi connectivity index (χ0n) is 19.2. The van der Waals surface area contributed by atoms with Gasteiger partial charge in [-0.1, -0.05) is 55.7 Å². The highest BCUT2D eigenvalue weighted by molar-refractivity contribution is 6.09. The smallest absolute Gasteiger partial charge is 0.279 e. The Balaban J connectivity index is 1.80. The first kappa shape index (κ1) is 22.6. The maximum Gasteiger partial charge on any atom is 0.279 e. The highest BCUT2D eigenvalue weighted by atomic mass is 16.2. The summed E-state index contributed by atoms with van der Waals surface area (Å²) < 4.78 is 0. The van der Waals surface area contributed by atoms with Crippen LogP contribution in [0.5, 0.6) is 0 Å². The Kier molecular flexibility index (Phi) is 7.13. The van der Waals surface area contributed by atoms with E-state index in [1.165, 1.54) is 25.0 Å². The van der Waals surface area contributed by atoms with Crippen LogP contribution in [0, 0.1) is 13.8 Å². The van der Waals surface area contributed by atoms with E-state index >= 15 is 0 Å². The summed E-state index contributed by atoms with van der Waals surface area (Å²) in [7, 11) is 0. The van der Waals surface area contributed by atoms with Crippen LogP contribution in [0.25, 0.3) is 0 Å². The number of aromatic nitrogens is 2. The van der Waals surface area contributed by atoms with Crippen molar-refractivity contribution >= 4 is 17.5 Å². The summed E-state index contributed by atoms with van der Waals surface area (Å²) in [5, 5.41) is 3.23. The summed E-state index contributed by atoms with van der Waals surface area (Å²) in [5.74, 6) is -0.539. The fraction of sp³-hybridized carbons (Fsp3) is 0.333. The lowest BCUT2D eigenvalue weighted by atomic mass is 9.94. The first-order chi connectivity index (χ1) is 16.0. The molecule has 1 atom stereocenters. The fourth-order valence-electron chi connectivity index (χ4n) is 4.37. The molecular formula is C27H30N4O2. The van der Waals surface area contributed by atoms with E-state index in [-0.39, 0.29) is 23.6 Å². The lowest BCUT2D eigenvalue weighted by molar-refractivity contribution is -0.123. The minimum absolute atomic E-state index is 0.130. The molecule has 4 rings (SSSR count). The van der Waals surface area contributed by atoms with Crippen molar-refractivity contribution in [3.8, 4) is 0 Å². The van der Waals surface area contributed by atoms with Gasteiger partial charge >= 0.3 is 0 Å². The van der Waals surface area contributed by atoms with E-state index in [0.717, 1.165) is 42.4 Å². The quantitative estimate of drug-likeness (QED) is 0.587. The van der Waals surface area contributed by atoms with Crippen molar-refractivity contribution in [2.24, 2.45) is 0 Å². The van der Waals surface area contributed by atoms with Crippen molar-refractivity contribution in [3.63, 3.8) is 0 Å². The molecule has 1 aliphatic rings. The Morgan fingerprint density at radius 3 is 2.39 bits per heavy atom. The van der Waals surface area contributed by atoms with Crippen molar-refractivity contribution < 1.29 is 9.59 Å². The van der Waals surface area contributed by atoms with Gasteiger partial charge in [0.25, 0.3) is 5.91 Å². The predicted octanol–water partition coefficient (Wildman–Crippen LogP) is 4.93. The van der Waals surface area contributed by atoms with Crippen LogP contribution in [0.2, 0.25) is 0 Å². The summed E-state index contributed by atoms with van der Waals surface area (Å²) in [6.07, 6.45) is 9.82. The molecule has 1 heterocycles. The average molecular weight is 443 g/mol. The molecule has 1 saturated carbocycles. The molecule has 1 aromatic heterocycles. The fourth-order valence-corrected chi connectivity index (χ4v) is 4.37. The standard InChI is InChI=1S/C27H30N4O2/c1-19-13-14-23(17-20(19)2)31(27(33)24-18-28-15-16-29-24)25(21-9-5-3-6-10-21)26(32)30-22-11-7-4-8-12-22/h3,5-6,9-10,13-18,22,25H,4,7-8,11-12H2,1-2H3,(H,30,32). The summed E-state index contributed by atoms with van der Waals surface area (Å²) in [4.78, 5) is 37.4.